The van der Waals surface area contributed by atoms with Crippen molar-refractivity contribution in [2.45, 2.75) is 30.0 Å². The van der Waals surface area contributed by atoms with Crippen molar-refractivity contribution in [2.75, 3.05) is 7.11 Å². The average Bonchev–Trinajstić information content (AvgIpc) is 3.34. The van der Waals surface area contributed by atoms with E-state index in [1.807, 2.05) is 61.5 Å². The number of benzene rings is 4. The molecule has 0 saturated carbocycles. The lowest BCUT2D eigenvalue weighted by Gasteiger charge is -2.25. The van der Waals surface area contributed by atoms with E-state index >= 15 is 0 Å². The summed E-state index contributed by atoms with van der Waals surface area (Å²) in [5.74, 6) is -0.0194. The molecule has 0 unspecified atom stereocenters. The van der Waals surface area contributed by atoms with Gasteiger partial charge in [-0.2, -0.15) is 0 Å². The van der Waals surface area contributed by atoms with Crippen LogP contribution in [0.25, 0.3) is 16.8 Å². The summed E-state index contributed by atoms with van der Waals surface area (Å²) in [7, 11) is 1.35. The Morgan fingerprint density at radius 2 is 1.71 bits per heavy atom. The summed E-state index contributed by atoms with van der Waals surface area (Å²) in [6.45, 7) is 1.94. The molecule has 0 amide bonds. The number of carbonyl (C=O) groups is 1. The van der Waals surface area contributed by atoms with E-state index < -0.39 is 12.0 Å². The fraction of sp³-hybridized carbons (Fsp3) is 0.147. The largest absolute Gasteiger partial charge is 0.466 e. The van der Waals surface area contributed by atoms with Crippen LogP contribution in [0.4, 0.5) is 4.39 Å². The van der Waals surface area contributed by atoms with E-state index in [2.05, 4.69) is 18.2 Å². The van der Waals surface area contributed by atoms with Gasteiger partial charge in [-0.15, -0.1) is 11.8 Å². The number of thioether (sulfide) groups is 1. The molecule has 1 aliphatic rings. The number of ether oxygens (including phenoxy) is 1. The Bertz CT molecular complexity index is 2010. The number of esters is 1. The first kappa shape index (κ1) is 27.9. The van der Waals surface area contributed by atoms with Gasteiger partial charge in [-0.25, -0.2) is 14.2 Å². The first-order valence-electron chi connectivity index (χ1n) is 13.6. The summed E-state index contributed by atoms with van der Waals surface area (Å²) in [5.41, 5.74) is 3.58. The van der Waals surface area contributed by atoms with Gasteiger partial charge in [-0.05, 0) is 58.2 Å². The van der Waals surface area contributed by atoms with Gasteiger partial charge in [-0.3, -0.25) is 9.36 Å². The number of carbonyl (C=O) groups excluding carboxylic acids is 1. The molecule has 4 aromatic carbocycles. The molecular formula is C34H27FN2O3S2. The Labute approximate surface area is 250 Å². The van der Waals surface area contributed by atoms with Crippen molar-refractivity contribution in [1.29, 1.82) is 0 Å². The summed E-state index contributed by atoms with van der Waals surface area (Å²) < 4.78 is 20.6. The van der Waals surface area contributed by atoms with Crippen molar-refractivity contribution >= 4 is 45.9 Å². The summed E-state index contributed by atoms with van der Waals surface area (Å²) >= 11 is 3.01. The molecule has 5 nitrogen and oxygen atoms in total. The van der Waals surface area contributed by atoms with Crippen molar-refractivity contribution < 1.29 is 13.9 Å². The second kappa shape index (κ2) is 11.9. The molecule has 0 N–H and O–H groups in total. The summed E-state index contributed by atoms with van der Waals surface area (Å²) in [6, 6.07) is 27.7. The highest BCUT2D eigenvalue weighted by Gasteiger charge is 2.33. The van der Waals surface area contributed by atoms with Crippen LogP contribution >= 0.6 is 23.1 Å². The number of nitrogens with zero attached hydrogens (tertiary/aromatic N) is 2. The molecule has 6 rings (SSSR count). The minimum absolute atomic E-state index is 0.206. The van der Waals surface area contributed by atoms with Crippen LogP contribution in [0.2, 0.25) is 0 Å². The van der Waals surface area contributed by atoms with Crippen LogP contribution in [0, 0.1) is 5.82 Å². The van der Waals surface area contributed by atoms with Gasteiger partial charge >= 0.3 is 5.97 Å². The fourth-order valence-corrected chi connectivity index (χ4v) is 7.27. The average molecular weight is 595 g/mol. The molecule has 0 bridgehead atoms. The number of hydrogen-bond acceptors (Lipinski definition) is 6. The van der Waals surface area contributed by atoms with Crippen molar-refractivity contribution in [3.63, 3.8) is 0 Å². The van der Waals surface area contributed by atoms with Gasteiger partial charge in [0, 0.05) is 10.6 Å². The number of thiazole rings is 1. The van der Waals surface area contributed by atoms with Gasteiger partial charge in [0.05, 0.1) is 29.0 Å². The Morgan fingerprint density at radius 1 is 1.00 bits per heavy atom. The quantitative estimate of drug-likeness (QED) is 0.162. The van der Waals surface area contributed by atoms with Crippen LogP contribution in [0.3, 0.4) is 0 Å². The molecule has 0 fully saturated rings. The van der Waals surface area contributed by atoms with Gasteiger partial charge < -0.3 is 4.74 Å². The highest BCUT2D eigenvalue weighted by Crippen LogP contribution is 2.34. The number of halogens is 1. The number of rotatable bonds is 7. The molecule has 0 radical (unpaired) electrons. The maximum Gasteiger partial charge on any atom is 0.338 e. The highest BCUT2D eigenvalue weighted by atomic mass is 32.2. The second-order valence-electron chi connectivity index (χ2n) is 9.81. The lowest BCUT2D eigenvalue weighted by molar-refractivity contribution is -0.136. The first-order chi connectivity index (χ1) is 20.5. The number of aromatic nitrogens is 1. The summed E-state index contributed by atoms with van der Waals surface area (Å²) in [6.07, 6.45) is 2.44. The highest BCUT2D eigenvalue weighted by molar-refractivity contribution is 7.98. The van der Waals surface area contributed by atoms with E-state index in [9.17, 15) is 14.0 Å². The number of allylic oxidation sites excluding steroid dienone is 1. The van der Waals surface area contributed by atoms with E-state index in [-0.39, 0.29) is 11.4 Å². The Hall–Kier alpha value is -4.27. The van der Waals surface area contributed by atoms with Gasteiger partial charge in [0.15, 0.2) is 4.80 Å². The van der Waals surface area contributed by atoms with Gasteiger partial charge in [-0.1, -0.05) is 91.1 Å². The van der Waals surface area contributed by atoms with Crippen LogP contribution < -0.4 is 14.9 Å². The predicted octanol–water partition coefficient (Wildman–Crippen LogP) is 6.38. The van der Waals surface area contributed by atoms with E-state index in [1.165, 1.54) is 30.6 Å². The standard InChI is InChI=1S/C34H27FN2O3S2/c1-3-27-30(33(39)40-2)31(22-9-5-4-6-10-22)37-32(38)29(42-34(37)36-27)19-23-15-18-28(26-12-8-7-11-25(23)26)41-20-21-13-16-24(35)17-14-21/h4-19,31H,3,20H2,1-2H3/b29-19-/t31-/m1/s1. The fourth-order valence-electron chi connectivity index (χ4n) is 5.24. The van der Waals surface area contributed by atoms with Crippen molar-refractivity contribution in [1.82, 2.24) is 4.57 Å². The van der Waals surface area contributed by atoms with Crippen LogP contribution in [0.5, 0.6) is 0 Å². The smallest absolute Gasteiger partial charge is 0.338 e. The zero-order valence-corrected chi connectivity index (χ0v) is 24.7. The third-order valence-electron chi connectivity index (χ3n) is 7.28. The Balaban J connectivity index is 1.46. The lowest BCUT2D eigenvalue weighted by Crippen LogP contribution is -2.40. The molecule has 2 heterocycles. The maximum absolute atomic E-state index is 14.0. The summed E-state index contributed by atoms with van der Waals surface area (Å²) in [5, 5.41) is 2.10. The van der Waals surface area contributed by atoms with E-state index in [0.29, 0.717) is 32.8 Å². The number of methoxy groups -OCH3 is 1. The summed E-state index contributed by atoms with van der Waals surface area (Å²) in [4.78, 5) is 33.4. The van der Waals surface area contributed by atoms with Crippen LogP contribution in [-0.4, -0.2) is 17.6 Å². The molecule has 1 aromatic heterocycles. The van der Waals surface area contributed by atoms with Crippen molar-refractivity contribution in [2.24, 2.45) is 4.99 Å². The minimum Gasteiger partial charge on any atom is -0.466 e. The molecule has 8 heteroatoms. The topological polar surface area (TPSA) is 60.7 Å². The zero-order chi connectivity index (χ0) is 29.2. The van der Waals surface area contributed by atoms with Gasteiger partial charge in [0.25, 0.3) is 5.56 Å². The Kier molecular flexibility index (Phi) is 7.91. The molecule has 1 atom stereocenters. The monoisotopic (exact) mass is 594 g/mol. The molecule has 0 spiro atoms. The van der Waals surface area contributed by atoms with Gasteiger partial charge in [0.2, 0.25) is 0 Å². The van der Waals surface area contributed by atoms with Crippen LogP contribution in [-0.2, 0) is 15.3 Å². The van der Waals surface area contributed by atoms with Crippen LogP contribution in [0.1, 0.15) is 36.1 Å². The maximum atomic E-state index is 14.0. The third kappa shape index (κ3) is 5.24. The molecule has 0 aliphatic carbocycles. The van der Waals surface area contributed by atoms with Crippen LogP contribution in [0.15, 0.2) is 117 Å². The van der Waals surface area contributed by atoms with Crippen molar-refractivity contribution in [3.05, 3.63) is 144 Å². The van der Waals surface area contributed by atoms with Crippen molar-refractivity contribution in [3.8, 4) is 0 Å². The van der Waals surface area contributed by atoms with E-state index in [0.717, 1.165) is 32.4 Å². The molecule has 5 aromatic rings. The zero-order valence-electron chi connectivity index (χ0n) is 23.0. The molecule has 1 aliphatic heterocycles. The number of fused-ring (bicyclic) bond motifs is 2. The second-order valence-corrected chi connectivity index (χ2v) is 11.8. The van der Waals surface area contributed by atoms with E-state index in [4.69, 9.17) is 9.73 Å². The Morgan fingerprint density at radius 3 is 2.43 bits per heavy atom. The number of hydrogen-bond donors (Lipinski definition) is 0. The first-order valence-corrected chi connectivity index (χ1v) is 15.4. The lowest BCUT2D eigenvalue weighted by atomic mass is 9.95. The molecule has 210 valence electrons. The molecule has 0 saturated heterocycles. The van der Waals surface area contributed by atoms with Gasteiger partial charge in [0.1, 0.15) is 5.82 Å². The minimum atomic E-state index is -0.631. The SMILES string of the molecule is CCC1=C(C(=O)OC)[C@@H](c2ccccc2)n2c(s/c(=C\c3ccc(SCc4ccc(F)cc4)c4ccccc34)c2=O)=N1. The predicted molar refractivity (Wildman–Crippen MR) is 167 cm³/mol. The normalized spacial score (nSPS) is 15.0. The molecule has 42 heavy (non-hydrogen) atoms. The molecular weight excluding hydrogens is 568 g/mol. The third-order valence-corrected chi connectivity index (χ3v) is 9.41. The van der Waals surface area contributed by atoms with E-state index in [1.54, 1.807) is 28.5 Å².